The summed E-state index contributed by atoms with van der Waals surface area (Å²) in [7, 11) is 0. The molecule has 0 spiro atoms. The Kier molecular flexibility index (Phi) is 4.37. The summed E-state index contributed by atoms with van der Waals surface area (Å²) in [6, 6.07) is 5.86. The molecule has 18 heavy (non-hydrogen) atoms. The van der Waals surface area contributed by atoms with Crippen molar-refractivity contribution >= 4 is 5.91 Å². The lowest BCUT2D eigenvalue weighted by atomic mass is 10.0. The SMILES string of the molecule is Cc1ccc(C(=O)NCCC2CCNC2)cc1C. The largest absolute Gasteiger partial charge is 0.352 e. The zero-order chi connectivity index (χ0) is 13.0. The average Bonchev–Trinajstić information content (AvgIpc) is 2.85. The molecular formula is C15H22N2O. The van der Waals surface area contributed by atoms with Gasteiger partial charge in [0.1, 0.15) is 0 Å². The fraction of sp³-hybridized carbons (Fsp3) is 0.533. The van der Waals surface area contributed by atoms with Gasteiger partial charge in [-0.05, 0) is 69.0 Å². The van der Waals surface area contributed by atoms with E-state index in [4.69, 9.17) is 0 Å². The topological polar surface area (TPSA) is 41.1 Å². The molecule has 0 saturated carbocycles. The van der Waals surface area contributed by atoms with Crippen molar-refractivity contribution in [1.29, 1.82) is 0 Å². The number of benzene rings is 1. The average molecular weight is 246 g/mol. The number of carbonyl (C=O) groups excluding carboxylic acids is 1. The molecule has 3 nitrogen and oxygen atoms in total. The van der Waals surface area contributed by atoms with E-state index in [1.807, 2.05) is 25.1 Å². The molecule has 1 aliphatic heterocycles. The van der Waals surface area contributed by atoms with Crippen molar-refractivity contribution < 1.29 is 4.79 Å². The molecule has 1 fully saturated rings. The zero-order valence-electron chi connectivity index (χ0n) is 11.3. The van der Waals surface area contributed by atoms with Gasteiger partial charge in [-0.25, -0.2) is 0 Å². The van der Waals surface area contributed by atoms with Crippen LogP contribution in [0.2, 0.25) is 0 Å². The van der Waals surface area contributed by atoms with Crippen molar-refractivity contribution in [2.45, 2.75) is 26.7 Å². The molecule has 0 bridgehead atoms. The number of hydrogen-bond acceptors (Lipinski definition) is 2. The van der Waals surface area contributed by atoms with Crippen molar-refractivity contribution in [3.63, 3.8) is 0 Å². The second kappa shape index (κ2) is 6.01. The minimum Gasteiger partial charge on any atom is -0.352 e. The van der Waals surface area contributed by atoms with Gasteiger partial charge < -0.3 is 10.6 Å². The maximum atomic E-state index is 12.0. The van der Waals surface area contributed by atoms with Crippen LogP contribution in [0.5, 0.6) is 0 Å². The summed E-state index contributed by atoms with van der Waals surface area (Å²) in [6.45, 7) is 7.09. The Bertz CT molecular complexity index is 423. The van der Waals surface area contributed by atoms with Gasteiger partial charge >= 0.3 is 0 Å². The number of amides is 1. The third-order valence-corrected chi connectivity index (χ3v) is 3.77. The van der Waals surface area contributed by atoms with E-state index in [1.165, 1.54) is 17.5 Å². The van der Waals surface area contributed by atoms with Gasteiger partial charge in [-0.15, -0.1) is 0 Å². The second-order valence-electron chi connectivity index (χ2n) is 5.20. The van der Waals surface area contributed by atoms with Gasteiger partial charge in [0.15, 0.2) is 0 Å². The lowest BCUT2D eigenvalue weighted by molar-refractivity contribution is 0.0951. The Hall–Kier alpha value is -1.35. The molecule has 1 atom stereocenters. The van der Waals surface area contributed by atoms with Crippen LogP contribution < -0.4 is 10.6 Å². The summed E-state index contributed by atoms with van der Waals surface area (Å²) in [6.07, 6.45) is 2.31. The standard InChI is InChI=1S/C15H22N2O/c1-11-3-4-14(9-12(11)2)15(18)17-8-6-13-5-7-16-10-13/h3-4,9,13,16H,5-8,10H2,1-2H3,(H,17,18). The van der Waals surface area contributed by atoms with Crippen molar-refractivity contribution in [3.05, 3.63) is 34.9 Å². The minimum absolute atomic E-state index is 0.0454. The van der Waals surface area contributed by atoms with Gasteiger partial charge in [0, 0.05) is 12.1 Å². The Balaban J connectivity index is 1.81. The van der Waals surface area contributed by atoms with Crippen molar-refractivity contribution in [2.24, 2.45) is 5.92 Å². The molecule has 1 saturated heterocycles. The van der Waals surface area contributed by atoms with E-state index in [-0.39, 0.29) is 5.91 Å². The highest BCUT2D eigenvalue weighted by atomic mass is 16.1. The van der Waals surface area contributed by atoms with Crippen LogP contribution in [0, 0.1) is 19.8 Å². The number of carbonyl (C=O) groups is 1. The molecule has 1 aromatic rings. The summed E-state index contributed by atoms with van der Waals surface area (Å²) >= 11 is 0. The third kappa shape index (κ3) is 3.33. The molecule has 1 heterocycles. The van der Waals surface area contributed by atoms with E-state index in [1.54, 1.807) is 0 Å². The molecule has 0 aliphatic carbocycles. The first-order chi connectivity index (χ1) is 8.66. The first kappa shape index (κ1) is 13.1. The molecule has 1 aromatic carbocycles. The van der Waals surface area contributed by atoms with E-state index in [0.717, 1.165) is 37.5 Å². The molecule has 0 aromatic heterocycles. The molecular weight excluding hydrogens is 224 g/mol. The first-order valence-corrected chi connectivity index (χ1v) is 6.73. The molecule has 2 rings (SSSR count). The predicted octanol–water partition coefficient (Wildman–Crippen LogP) is 2.03. The van der Waals surface area contributed by atoms with E-state index in [0.29, 0.717) is 0 Å². The highest BCUT2D eigenvalue weighted by molar-refractivity contribution is 5.94. The lowest BCUT2D eigenvalue weighted by Crippen LogP contribution is -2.26. The van der Waals surface area contributed by atoms with E-state index >= 15 is 0 Å². The molecule has 0 radical (unpaired) electrons. The van der Waals surface area contributed by atoms with Gasteiger partial charge in [0.25, 0.3) is 5.91 Å². The zero-order valence-corrected chi connectivity index (χ0v) is 11.3. The smallest absolute Gasteiger partial charge is 0.251 e. The van der Waals surface area contributed by atoms with Crippen LogP contribution in [-0.4, -0.2) is 25.5 Å². The minimum atomic E-state index is 0.0454. The summed E-state index contributed by atoms with van der Waals surface area (Å²) < 4.78 is 0. The van der Waals surface area contributed by atoms with Crippen LogP contribution in [0.3, 0.4) is 0 Å². The van der Waals surface area contributed by atoms with Crippen LogP contribution in [0.25, 0.3) is 0 Å². The van der Waals surface area contributed by atoms with Crippen LogP contribution in [0.15, 0.2) is 18.2 Å². The van der Waals surface area contributed by atoms with Crippen molar-refractivity contribution in [3.8, 4) is 0 Å². The van der Waals surface area contributed by atoms with Crippen molar-refractivity contribution in [1.82, 2.24) is 10.6 Å². The highest BCUT2D eigenvalue weighted by Crippen LogP contribution is 2.12. The van der Waals surface area contributed by atoms with E-state index in [2.05, 4.69) is 17.6 Å². The monoisotopic (exact) mass is 246 g/mol. The normalized spacial score (nSPS) is 18.9. The van der Waals surface area contributed by atoms with Crippen molar-refractivity contribution in [2.75, 3.05) is 19.6 Å². The van der Waals surface area contributed by atoms with Gasteiger partial charge in [-0.2, -0.15) is 0 Å². The number of rotatable bonds is 4. The summed E-state index contributed by atoms with van der Waals surface area (Å²) in [5.74, 6) is 0.772. The molecule has 1 aliphatic rings. The maximum absolute atomic E-state index is 12.0. The van der Waals surface area contributed by atoms with E-state index in [9.17, 15) is 4.79 Å². The molecule has 1 amide bonds. The Morgan fingerprint density at radius 2 is 2.22 bits per heavy atom. The van der Waals surface area contributed by atoms with Gasteiger partial charge in [0.05, 0.1) is 0 Å². The molecule has 1 unspecified atom stereocenters. The summed E-state index contributed by atoms with van der Waals surface area (Å²) in [4.78, 5) is 12.0. The molecule has 98 valence electrons. The Labute approximate surface area is 109 Å². The van der Waals surface area contributed by atoms with Crippen LogP contribution in [0.4, 0.5) is 0 Å². The number of aryl methyl sites for hydroxylation is 2. The van der Waals surface area contributed by atoms with Gasteiger partial charge in [-0.1, -0.05) is 6.07 Å². The lowest BCUT2D eigenvalue weighted by Gasteiger charge is -2.10. The van der Waals surface area contributed by atoms with Crippen LogP contribution in [-0.2, 0) is 0 Å². The number of hydrogen-bond donors (Lipinski definition) is 2. The van der Waals surface area contributed by atoms with Gasteiger partial charge in [0.2, 0.25) is 0 Å². The Morgan fingerprint density at radius 1 is 1.39 bits per heavy atom. The summed E-state index contributed by atoms with van der Waals surface area (Å²) in [5, 5.41) is 6.35. The van der Waals surface area contributed by atoms with E-state index < -0.39 is 0 Å². The maximum Gasteiger partial charge on any atom is 0.251 e. The van der Waals surface area contributed by atoms with Crippen LogP contribution >= 0.6 is 0 Å². The van der Waals surface area contributed by atoms with Crippen LogP contribution in [0.1, 0.15) is 34.3 Å². The first-order valence-electron chi connectivity index (χ1n) is 6.73. The Morgan fingerprint density at radius 3 is 2.89 bits per heavy atom. The molecule has 2 N–H and O–H groups in total. The fourth-order valence-electron chi connectivity index (χ4n) is 2.34. The second-order valence-corrected chi connectivity index (χ2v) is 5.20. The fourth-order valence-corrected chi connectivity index (χ4v) is 2.34. The third-order valence-electron chi connectivity index (χ3n) is 3.77. The summed E-state index contributed by atoms with van der Waals surface area (Å²) in [5.41, 5.74) is 3.16. The van der Waals surface area contributed by atoms with Gasteiger partial charge in [-0.3, -0.25) is 4.79 Å². The molecule has 3 heteroatoms. The predicted molar refractivity (Wildman–Crippen MR) is 73.8 cm³/mol. The number of nitrogens with one attached hydrogen (secondary N) is 2. The highest BCUT2D eigenvalue weighted by Gasteiger charge is 2.14. The quantitative estimate of drug-likeness (QED) is 0.853.